The predicted molar refractivity (Wildman–Crippen MR) is 117 cm³/mol. The summed E-state index contributed by atoms with van der Waals surface area (Å²) in [5, 5.41) is 2.47. The minimum absolute atomic E-state index is 0.283. The quantitative estimate of drug-likeness (QED) is 0.680. The summed E-state index contributed by atoms with van der Waals surface area (Å²) in [4.78, 5) is 19.4. The topological polar surface area (TPSA) is 71.2 Å². The van der Waals surface area contributed by atoms with E-state index in [1.165, 1.54) is 15.7 Å². The fourth-order valence-corrected chi connectivity index (χ4v) is 4.58. The van der Waals surface area contributed by atoms with Crippen LogP contribution < -0.4 is 10.6 Å². The number of hydrogen-bond acceptors (Lipinski definition) is 7. The molecule has 1 saturated heterocycles. The number of nitrogen functional groups attached to an aromatic ring is 1. The van der Waals surface area contributed by atoms with Crippen LogP contribution in [0.15, 0.2) is 47.4 Å². The van der Waals surface area contributed by atoms with Gasteiger partial charge in [-0.25, -0.2) is 0 Å². The maximum Gasteiger partial charge on any atom is 0.230 e. The molecule has 0 radical (unpaired) electrons. The van der Waals surface area contributed by atoms with Gasteiger partial charge in [-0.1, -0.05) is 36.4 Å². The molecule has 2 N–H and O–H groups in total. The number of rotatable bonds is 4. The molecule has 0 aliphatic carbocycles. The van der Waals surface area contributed by atoms with E-state index in [4.69, 9.17) is 10.7 Å². The molecular weight excluding hydrogens is 368 g/mol. The third-order valence-electron chi connectivity index (χ3n) is 5.08. The molecule has 0 saturated carbocycles. The third kappa shape index (κ3) is 3.91. The van der Waals surface area contributed by atoms with Crippen molar-refractivity contribution in [1.29, 1.82) is 0 Å². The summed E-state index contributed by atoms with van der Waals surface area (Å²) in [6.07, 6.45) is 0. The van der Waals surface area contributed by atoms with Crippen molar-refractivity contribution in [2.24, 2.45) is 0 Å². The zero-order valence-electron chi connectivity index (χ0n) is 16.6. The third-order valence-corrected chi connectivity index (χ3v) is 6.35. The Morgan fingerprint density at radius 3 is 2.43 bits per heavy atom. The van der Waals surface area contributed by atoms with Gasteiger partial charge in [-0.15, -0.1) is 11.8 Å². The molecular formula is C21H26N6S. The summed E-state index contributed by atoms with van der Waals surface area (Å²) in [6, 6.07) is 14.8. The van der Waals surface area contributed by atoms with Crippen LogP contribution in [-0.2, 0) is 4.75 Å². The van der Waals surface area contributed by atoms with Crippen LogP contribution in [0.2, 0.25) is 0 Å². The molecule has 1 aliphatic rings. The van der Waals surface area contributed by atoms with E-state index < -0.39 is 0 Å². The van der Waals surface area contributed by atoms with Crippen molar-refractivity contribution < 1.29 is 0 Å². The number of hydrogen-bond donors (Lipinski definition) is 1. The first kappa shape index (κ1) is 19.0. The van der Waals surface area contributed by atoms with E-state index in [9.17, 15) is 0 Å². The maximum absolute atomic E-state index is 6.07. The number of likely N-dealkylation sites (N-methyl/N-ethyl adjacent to an activating group) is 1. The molecule has 0 amide bonds. The molecule has 0 unspecified atom stereocenters. The van der Waals surface area contributed by atoms with Crippen LogP contribution in [0.4, 0.5) is 11.9 Å². The highest BCUT2D eigenvalue weighted by Gasteiger charge is 2.29. The Labute approximate surface area is 170 Å². The van der Waals surface area contributed by atoms with Crippen LogP contribution in [0.3, 0.4) is 0 Å². The van der Waals surface area contributed by atoms with Gasteiger partial charge in [0.25, 0.3) is 0 Å². The fourth-order valence-electron chi connectivity index (χ4n) is 3.40. The Kier molecular flexibility index (Phi) is 5.12. The van der Waals surface area contributed by atoms with Crippen LogP contribution in [0.5, 0.6) is 0 Å². The molecule has 0 atom stereocenters. The molecule has 4 rings (SSSR count). The Balaban J connectivity index is 1.65. The first-order valence-corrected chi connectivity index (χ1v) is 10.4. The molecule has 0 bridgehead atoms. The van der Waals surface area contributed by atoms with E-state index in [1.54, 1.807) is 11.8 Å². The Morgan fingerprint density at radius 1 is 0.929 bits per heavy atom. The summed E-state index contributed by atoms with van der Waals surface area (Å²) < 4.78 is -0.345. The average molecular weight is 395 g/mol. The van der Waals surface area contributed by atoms with Gasteiger partial charge < -0.3 is 15.5 Å². The van der Waals surface area contributed by atoms with Crippen LogP contribution in [0.25, 0.3) is 10.8 Å². The van der Waals surface area contributed by atoms with Crippen LogP contribution in [0.1, 0.15) is 19.7 Å². The molecule has 1 fully saturated rings. The van der Waals surface area contributed by atoms with Crippen molar-refractivity contribution in [1.82, 2.24) is 19.9 Å². The molecule has 1 aliphatic heterocycles. The van der Waals surface area contributed by atoms with Crippen LogP contribution in [0, 0.1) is 0 Å². The molecule has 1 aromatic heterocycles. The van der Waals surface area contributed by atoms with Crippen LogP contribution in [-0.4, -0.2) is 53.1 Å². The lowest BCUT2D eigenvalue weighted by Gasteiger charge is -2.33. The Bertz CT molecular complexity index is 976. The van der Waals surface area contributed by atoms with Gasteiger partial charge in [0.1, 0.15) is 0 Å². The van der Waals surface area contributed by atoms with Crippen molar-refractivity contribution >= 4 is 34.4 Å². The maximum atomic E-state index is 6.07. The number of anilines is 2. The number of thioether (sulfide) groups is 1. The zero-order chi connectivity index (χ0) is 19.7. The van der Waals surface area contributed by atoms with Crippen molar-refractivity contribution in [3.63, 3.8) is 0 Å². The molecule has 6 nitrogen and oxygen atoms in total. The van der Waals surface area contributed by atoms with E-state index in [-0.39, 0.29) is 10.7 Å². The van der Waals surface area contributed by atoms with E-state index in [0.29, 0.717) is 11.8 Å². The van der Waals surface area contributed by atoms with Gasteiger partial charge in [0.05, 0.1) is 4.75 Å². The summed E-state index contributed by atoms with van der Waals surface area (Å²) in [7, 11) is 2.13. The summed E-state index contributed by atoms with van der Waals surface area (Å²) in [5.41, 5.74) is 6.07. The number of aromatic nitrogens is 3. The first-order chi connectivity index (χ1) is 13.4. The van der Waals surface area contributed by atoms with Crippen molar-refractivity contribution in [2.45, 2.75) is 23.5 Å². The minimum atomic E-state index is -0.345. The van der Waals surface area contributed by atoms with E-state index in [1.807, 2.05) is 0 Å². The Hall–Kier alpha value is -2.38. The van der Waals surface area contributed by atoms with Crippen LogP contribution >= 0.6 is 11.8 Å². The van der Waals surface area contributed by atoms with Crippen molar-refractivity contribution in [3.05, 3.63) is 48.3 Å². The van der Waals surface area contributed by atoms with Gasteiger partial charge in [0, 0.05) is 31.1 Å². The van der Waals surface area contributed by atoms with Crippen molar-refractivity contribution in [3.8, 4) is 0 Å². The molecule has 0 spiro atoms. The van der Waals surface area contributed by atoms with Gasteiger partial charge in [-0.2, -0.15) is 15.0 Å². The number of nitrogens with zero attached hydrogens (tertiary/aromatic N) is 5. The van der Waals surface area contributed by atoms with Gasteiger partial charge >= 0.3 is 0 Å². The van der Waals surface area contributed by atoms with E-state index in [2.05, 4.69) is 83.1 Å². The molecule has 2 heterocycles. The number of piperazine rings is 1. The first-order valence-electron chi connectivity index (χ1n) is 9.55. The second-order valence-corrected chi connectivity index (χ2v) is 9.36. The minimum Gasteiger partial charge on any atom is -0.368 e. The predicted octanol–water partition coefficient (Wildman–Crippen LogP) is 3.39. The second kappa shape index (κ2) is 7.56. The fraction of sp³-hybridized carbons (Fsp3) is 0.381. The highest BCUT2D eigenvalue weighted by atomic mass is 32.2. The number of fused-ring (bicyclic) bond motifs is 1. The summed E-state index contributed by atoms with van der Waals surface area (Å²) in [6.45, 7) is 8.07. The molecule has 28 heavy (non-hydrogen) atoms. The lowest BCUT2D eigenvalue weighted by atomic mass is 10.1. The smallest absolute Gasteiger partial charge is 0.230 e. The van der Waals surface area contributed by atoms with Gasteiger partial charge in [-0.3, -0.25) is 0 Å². The van der Waals surface area contributed by atoms with E-state index >= 15 is 0 Å². The van der Waals surface area contributed by atoms with Gasteiger partial charge in [-0.05, 0) is 37.7 Å². The van der Waals surface area contributed by atoms with Crippen molar-refractivity contribution in [2.75, 3.05) is 43.9 Å². The normalized spacial score (nSPS) is 15.9. The summed E-state index contributed by atoms with van der Waals surface area (Å²) >= 11 is 1.76. The number of benzene rings is 2. The highest BCUT2D eigenvalue weighted by molar-refractivity contribution is 8.00. The average Bonchev–Trinajstić information content (AvgIpc) is 2.68. The van der Waals surface area contributed by atoms with Gasteiger partial charge in [0.15, 0.2) is 5.82 Å². The lowest BCUT2D eigenvalue weighted by Crippen LogP contribution is -2.45. The Morgan fingerprint density at radius 2 is 1.64 bits per heavy atom. The lowest BCUT2D eigenvalue weighted by molar-refractivity contribution is 0.311. The van der Waals surface area contributed by atoms with E-state index in [0.717, 1.165) is 26.2 Å². The standard InChI is InChI=1S/C21H26N6S/c1-21(2,28-17-10-6-8-15-7-4-5-9-16(15)17)18-23-19(22)25-20(24-18)27-13-11-26(3)12-14-27/h4-10H,11-14H2,1-3H3,(H2,22,23,24,25). The molecule has 2 aromatic carbocycles. The number of nitrogens with two attached hydrogens (primary N) is 1. The molecule has 3 aromatic rings. The monoisotopic (exact) mass is 394 g/mol. The van der Waals surface area contributed by atoms with Gasteiger partial charge in [0.2, 0.25) is 11.9 Å². The largest absolute Gasteiger partial charge is 0.368 e. The molecule has 7 heteroatoms. The SMILES string of the molecule is CN1CCN(c2nc(N)nc(C(C)(C)Sc3cccc4ccccc34)n2)CC1. The second-order valence-electron chi connectivity index (χ2n) is 7.70. The highest BCUT2D eigenvalue weighted by Crippen LogP contribution is 2.42. The summed E-state index contributed by atoms with van der Waals surface area (Å²) in [5.74, 6) is 1.68. The zero-order valence-corrected chi connectivity index (χ0v) is 17.4. The molecule has 146 valence electrons.